The van der Waals surface area contributed by atoms with Gasteiger partial charge in [-0.05, 0) is 57.2 Å². The molecule has 3 heterocycles. The second-order valence-electron chi connectivity index (χ2n) is 11.5. The van der Waals surface area contributed by atoms with Crippen molar-refractivity contribution in [2.24, 2.45) is 0 Å². The zero-order valence-corrected chi connectivity index (χ0v) is 28.9. The molecule has 6 aromatic rings. The van der Waals surface area contributed by atoms with Crippen molar-refractivity contribution in [3.8, 4) is 22.5 Å². The normalized spacial score (nSPS) is 11.9. The summed E-state index contributed by atoms with van der Waals surface area (Å²) in [6, 6.07) is 31.4. The molecule has 0 aliphatic rings. The molecule has 3 aromatic carbocycles. The second-order valence-corrected chi connectivity index (χ2v) is 17.6. The number of rotatable bonds is 4. The van der Waals surface area contributed by atoms with Crippen LogP contribution >= 0.6 is 11.3 Å². The van der Waals surface area contributed by atoms with Crippen LogP contribution < -0.4 is 5.19 Å². The minimum absolute atomic E-state index is 0. The maximum absolute atomic E-state index is 8.31. The summed E-state index contributed by atoms with van der Waals surface area (Å²) in [5, 5.41) is 4.04. The van der Waals surface area contributed by atoms with Crippen LogP contribution in [0.25, 0.3) is 42.7 Å². The summed E-state index contributed by atoms with van der Waals surface area (Å²) in [4.78, 5) is 9.11. The molecular formula is C36H36IrN2SSi-2. The zero-order valence-electron chi connectivity index (χ0n) is 25.7. The fourth-order valence-corrected chi connectivity index (χ4v) is 7.21. The number of benzene rings is 3. The van der Waals surface area contributed by atoms with Gasteiger partial charge < -0.3 is 9.97 Å². The summed E-state index contributed by atoms with van der Waals surface area (Å²) in [6.07, 6.45) is 3.82. The van der Waals surface area contributed by atoms with Gasteiger partial charge in [-0.1, -0.05) is 81.7 Å². The number of fused-ring (bicyclic) bond motifs is 3. The van der Waals surface area contributed by atoms with Gasteiger partial charge in [-0.15, -0.1) is 59.2 Å². The first-order valence-electron chi connectivity index (χ1n) is 14.2. The molecule has 5 heteroatoms. The predicted octanol–water partition coefficient (Wildman–Crippen LogP) is 9.75. The average Bonchev–Trinajstić information content (AvgIpc) is 3.35. The summed E-state index contributed by atoms with van der Waals surface area (Å²) in [6.45, 7) is 15.1. The van der Waals surface area contributed by atoms with E-state index in [2.05, 4.69) is 92.0 Å². The molecule has 0 N–H and O–H groups in total. The van der Waals surface area contributed by atoms with E-state index in [-0.39, 0.29) is 20.1 Å². The van der Waals surface area contributed by atoms with Gasteiger partial charge in [0.15, 0.2) is 0 Å². The first-order chi connectivity index (χ1) is 19.4. The van der Waals surface area contributed by atoms with Gasteiger partial charge in [0.05, 0.1) is 8.07 Å². The van der Waals surface area contributed by atoms with E-state index >= 15 is 0 Å². The number of hydrogen-bond donors (Lipinski definition) is 0. The molecule has 211 valence electrons. The van der Waals surface area contributed by atoms with Gasteiger partial charge in [0, 0.05) is 38.6 Å². The standard InChI is InChI=1S/C22H20NS.C14H16NSi.Ir/c1-13(2)16-10-11-23-18(12-16)17-9-8-15(4)21-20-14(3)6-5-7-19(20)24-22(17)21;1-16(2,3)13-9-10-14(15-11-13)12-7-5-4-6-8-12;/h5-8,10-13H,1-4H3;4-7,9-11H,1-3H3;/q2*-1;/i13D;;. The number of aryl methyl sites for hydroxylation is 2. The van der Waals surface area contributed by atoms with Gasteiger partial charge in [0.25, 0.3) is 0 Å². The number of aromatic nitrogens is 2. The minimum atomic E-state index is -1.23. The van der Waals surface area contributed by atoms with Gasteiger partial charge in [-0.25, -0.2) is 0 Å². The molecule has 1 radical (unpaired) electrons. The Morgan fingerprint density at radius 1 is 0.854 bits per heavy atom. The van der Waals surface area contributed by atoms with Gasteiger partial charge in [-0.2, -0.15) is 11.3 Å². The van der Waals surface area contributed by atoms with Crippen LogP contribution in [0.15, 0.2) is 85.2 Å². The molecule has 6 rings (SSSR count). The van der Waals surface area contributed by atoms with Crippen molar-refractivity contribution in [3.05, 3.63) is 114 Å². The fraction of sp³-hybridized carbons (Fsp3) is 0.222. The molecule has 2 nitrogen and oxygen atoms in total. The third-order valence-electron chi connectivity index (χ3n) is 7.19. The van der Waals surface area contributed by atoms with E-state index in [1.807, 2.05) is 56.4 Å². The number of nitrogens with zero attached hydrogens (tertiary/aromatic N) is 2. The molecule has 0 aliphatic heterocycles. The Balaban J connectivity index is 0.000000207. The SMILES string of the molecule is C[Si](C)(C)c1ccc(-c2[c-]cccc2)nc1.[2H]C(C)(C)c1ccnc(-c2[c-]cc(C)c3c2sc2cccc(C)c23)c1.[Ir]. The van der Waals surface area contributed by atoms with Crippen molar-refractivity contribution in [1.82, 2.24) is 9.97 Å². The van der Waals surface area contributed by atoms with E-state index in [1.54, 1.807) is 17.5 Å². The van der Waals surface area contributed by atoms with Crippen LogP contribution in [0.2, 0.25) is 19.6 Å². The molecule has 0 saturated heterocycles. The molecule has 0 unspecified atom stereocenters. The average molecular weight is 750 g/mol. The van der Waals surface area contributed by atoms with Crippen LogP contribution in [0, 0.1) is 26.0 Å². The predicted molar refractivity (Wildman–Crippen MR) is 176 cm³/mol. The van der Waals surface area contributed by atoms with E-state index in [1.165, 1.54) is 36.5 Å². The van der Waals surface area contributed by atoms with Crippen molar-refractivity contribution in [2.75, 3.05) is 0 Å². The van der Waals surface area contributed by atoms with E-state index in [9.17, 15) is 0 Å². The van der Waals surface area contributed by atoms with E-state index in [0.717, 1.165) is 28.1 Å². The number of hydrogen-bond acceptors (Lipinski definition) is 3. The Labute approximate surface area is 264 Å². The van der Waals surface area contributed by atoms with Crippen molar-refractivity contribution in [3.63, 3.8) is 0 Å². The Hall–Kier alpha value is -2.95. The molecule has 0 bridgehead atoms. The second kappa shape index (κ2) is 12.9. The van der Waals surface area contributed by atoms with Crippen LogP contribution in [-0.4, -0.2) is 18.0 Å². The molecule has 0 amide bonds. The molecule has 0 saturated carbocycles. The fourth-order valence-electron chi connectivity index (χ4n) is 4.81. The van der Waals surface area contributed by atoms with E-state index in [4.69, 9.17) is 1.37 Å². The van der Waals surface area contributed by atoms with Crippen molar-refractivity contribution in [1.29, 1.82) is 0 Å². The zero-order chi connectivity index (χ0) is 29.4. The molecule has 41 heavy (non-hydrogen) atoms. The molecular weight excluding hydrogens is 713 g/mol. The van der Waals surface area contributed by atoms with Gasteiger partial charge in [0.1, 0.15) is 0 Å². The summed E-state index contributed by atoms with van der Waals surface area (Å²) in [5.74, 6) is -0.641. The van der Waals surface area contributed by atoms with Crippen molar-refractivity contribution in [2.45, 2.75) is 53.2 Å². The summed E-state index contributed by atoms with van der Waals surface area (Å²) < 4.78 is 10.8. The van der Waals surface area contributed by atoms with Crippen LogP contribution in [0.5, 0.6) is 0 Å². The maximum Gasteiger partial charge on any atom is 0.0795 e. The third-order valence-corrected chi connectivity index (χ3v) is 10.4. The topological polar surface area (TPSA) is 25.8 Å². The quantitative estimate of drug-likeness (QED) is 0.133. The number of thiophene rings is 1. The largest absolute Gasteiger partial charge is 0.305 e. The first kappa shape index (κ1) is 29.5. The van der Waals surface area contributed by atoms with Crippen LogP contribution in [0.3, 0.4) is 0 Å². The third kappa shape index (κ3) is 6.76. The number of pyridine rings is 2. The van der Waals surface area contributed by atoms with Crippen molar-refractivity contribution >= 4 is 44.8 Å². The van der Waals surface area contributed by atoms with Gasteiger partial charge >= 0.3 is 0 Å². The Morgan fingerprint density at radius 2 is 1.66 bits per heavy atom. The van der Waals surface area contributed by atoms with E-state index < -0.39 is 14.0 Å². The Bertz CT molecular complexity index is 1820. The first-order valence-corrected chi connectivity index (χ1v) is 18.0. The summed E-state index contributed by atoms with van der Waals surface area (Å²) in [5.41, 5.74) is 7.51. The Kier molecular flexibility index (Phi) is 9.30. The van der Waals surface area contributed by atoms with Crippen LogP contribution in [-0.2, 0) is 20.1 Å². The minimum Gasteiger partial charge on any atom is -0.305 e. The molecule has 0 fully saturated rings. The van der Waals surface area contributed by atoms with Crippen LogP contribution in [0.1, 0.15) is 37.8 Å². The molecule has 3 aromatic heterocycles. The maximum atomic E-state index is 8.31. The van der Waals surface area contributed by atoms with Crippen molar-refractivity contribution < 1.29 is 21.5 Å². The molecule has 0 spiro atoms. The molecule has 0 atom stereocenters. The van der Waals surface area contributed by atoms with Crippen LogP contribution in [0.4, 0.5) is 0 Å². The van der Waals surface area contributed by atoms with Gasteiger partial charge in [0.2, 0.25) is 0 Å². The van der Waals surface area contributed by atoms with Gasteiger partial charge in [-0.3, -0.25) is 0 Å². The summed E-state index contributed by atoms with van der Waals surface area (Å²) in [7, 11) is -1.23. The van der Waals surface area contributed by atoms with E-state index in [0.29, 0.717) is 0 Å². The summed E-state index contributed by atoms with van der Waals surface area (Å²) >= 11 is 1.81. The Morgan fingerprint density at radius 3 is 2.32 bits per heavy atom. The monoisotopic (exact) mass is 750 g/mol. The smallest absolute Gasteiger partial charge is 0.0795 e. The molecule has 0 aliphatic carbocycles.